The largest absolute Gasteiger partial charge is 0.371 e. The summed E-state index contributed by atoms with van der Waals surface area (Å²) in [6.45, 7) is 2.90. The van der Waals surface area contributed by atoms with Crippen molar-refractivity contribution in [1.29, 1.82) is 0 Å². The number of hydrogen-bond acceptors (Lipinski definition) is 2. The standard InChI is InChI=1S/C19H23NO2/c1-14-9-16-7-8-20-18(21)10-17(19(20,11-14)12-16)22-13-15-5-3-2-4-6-15/h2-8,14,16-17H,9-13H2,1H3/t14-,16-,17+,19+/m1/s1. The monoisotopic (exact) mass is 297 g/mol. The molecule has 3 heteroatoms. The summed E-state index contributed by atoms with van der Waals surface area (Å²) in [5.74, 6) is 1.48. The first kappa shape index (κ1) is 14.0. The molecule has 1 aliphatic carbocycles. The number of fused-ring (bicyclic) bond motifs is 1. The molecule has 4 rings (SSSR count). The van der Waals surface area contributed by atoms with Crippen LogP contribution >= 0.6 is 0 Å². The predicted molar refractivity (Wildman–Crippen MR) is 84.9 cm³/mol. The van der Waals surface area contributed by atoms with Gasteiger partial charge in [-0.25, -0.2) is 0 Å². The zero-order valence-corrected chi connectivity index (χ0v) is 13.1. The number of benzene rings is 1. The van der Waals surface area contributed by atoms with Crippen molar-refractivity contribution in [1.82, 2.24) is 4.90 Å². The van der Waals surface area contributed by atoms with Gasteiger partial charge in [0.05, 0.1) is 24.7 Å². The maximum absolute atomic E-state index is 12.4. The number of amides is 1. The second-order valence-electron chi connectivity index (χ2n) is 7.21. The molecule has 0 unspecified atom stereocenters. The van der Waals surface area contributed by atoms with Crippen LogP contribution in [-0.2, 0) is 16.1 Å². The summed E-state index contributed by atoms with van der Waals surface area (Å²) in [6, 6.07) is 10.2. The van der Waals surface area contributed by atoms with Crippen molar-refractivity contribution in [2.75, 3.05) is 0 Å². The predicted octanol–water partition coefficient (Wildman–Crippen LogP) is 3.51. The van der Waals surface area contributed by atoms with E-state index in [1.807, 2.05) is 29.3 Å². The van der Waals surface area contributed by atoms with Gasteiger partial charge in [-0.3, -0.25) is 4.79 Å². The number of hydrogen-bond donors (Lipinski definition) is 0. The minimum Gasteiger partial charge on any atom is -0.371 e. The van der Waals surface area contributed by atoms with Gasteiger partial charge in [0.1, 0.15) is 0 Å². The van der Waals surface area contributed by atoms with E-state index in [1.54, 1.807) is 0 Å². The van der Waals surface area contributed by atoms with Crippen LogP contribution in [-0.4, -0.2) is 22.4 Å². The molecule has 116 valence electrons. The van der Waals surface area contributed by atoms with E-state index < -0.39 is 0 Å². The first-order chi connectivity index (χ1) is 10.7. The van der Waals surface area contributed by atoms with Crippen molar-refractivity contribution in [2.45, 2.75) is 50.9 Å². The summed E-state index contributed by atoms with van der Waals surface area (Å²) in [5.41, 5.74) is 1.08. The van der Waals surface area contributed by atoms with Crippen LogP contribution in [0.2, 0.25) is 0 Å². The third-order valence-electron chi connectivity index (χ3n) is 5.53. The Morgan fingerprint density at radius 3 is 2.91 bits per heavy atom. The molecule has 1 saturated heterocycles. The molecule has 4 atom stereocenters. The van der Waals surface area contributed by atoms with Crippen LogP contribution in [0.15, 0.2) is 42.6 Å². The molecule has 2 bridgehead atoms. The molecule has 1 amide bonds. The summed E-state index contributed by atoms with van der Waals surface area (Å²) >= 11 is 0. The Kier molecular flexibility index (Phi) is 3.33. The highest BCUT2D eigenvalue weighted by molar-refractivity contribution is 5.82. The van der Waals surface area contributed by atoms with Gasteiger partial charge in [0.2, 0.25) is 5.91 Å². The van der Waals surface area contributed by atoms with Crippen molar-refractivity contribution in [3.8, 4) is 0 Å². The number of nitrogens with zero attached hydrogens (tertiary/aromatic N) is 1. The van der Waals surface area contributed by atoms with Gasteiger partial charge in [-0.05, 0) is 36.7 Å². The first-order valence-corrected chi connectivity index (χ1v) is 8.33. The molecule has 3 nitrogen and oxygen atoms in total. The second-order valence-corrected chi connectivity index (χ2v) is 7.21. The lowest BCUT2D eigenvalue weighted by Gasteiger charge is -2.50. The van der Waals surface area contributed by atoms with E-state index in [1.165, 1.54) is 12.0 Å². The minimum absolute atomic E-state index is 0.0235. The summed E-state index contributed by atoms with van der Waals surface area (Å²) in [4.78, 5) is 14.4. The molecule has 22 heavy (non-hydrogen) atoms. The van der Waals surface area contributed by atoms with E-state index in [2.05, 4.69) is 25.1 Å². The van der Waals surface area contributed by atoms with Gasteiger partial charge in [-0.2, -0.15) is 0 Å². The van der Waals surface area contributed by atoms with Crippen molar-refractivity contribution in [3.05, 3.63) is 48.2 Å². The molecular formula is C19H23NO2. The topological polar surface area (TPSA) is 29.5 Å². The molecule has 0 aromatic heterocycles. The molecule has 1 spiro atoms. The number of carbonyl (C=O) groups is 1. The average Bonchev–Trinajstić information content (AvgIpc) is 2.76. The van der Waals surface area contributed by atoms with Crippen LogP contribution < -0.4 is 0 Å². The van der Waals surface area contributed by atoms with Crippen LogP contribution in [0.5, 0.6) is 0 Å². The Labute approximate surface area is 132 Å². The number of carbonyl (C=O) groups excluding carboxylic acids is 1. The Bertz CT molecular complexity index is 597. The number of ether oxygens (including phenoxy) is 1. The molecule has 1 aromatic rings. The van der Waals surface area contributed by atoms with Gasteiger partial charge < -0.3 is 9.64 Å². The lowest BCUT2D eigenvalue weighted by atomic mass is 9.67. The van der Waals surface area contributed by atoms with Crippen LogP contribution in [0.25, 0.3) is 0 Å². The Morgan fingerprint density at radius 1 is 1.27 bits per heavy atom. The van der Waals surface area contributed by atoms with E-state index in [-0.39, 0.29) is 17.6 Å². The van der Waals surface area contributed by atoms with Crippen LogP contribution in [0.3, 0.4) is 0 Å². The zero-order chi connectivity index (χ0) is 15.2. The van der Waals surface area contributed by atoms with Crippen LogP contribution in [0.4, 0.5) is 0 Å². The average molecular weight is 297 g/mol. The Balaban J connectivity index is 1.57. The normalized spacial score (nSPS) is 36.5. The number of rotatable bonds is 3. The summed E-state index contributed by atoms with van der Waals surface area (Å²) < 4.78 is 6.26. The lowest BCUT2D eigenvalue weighted by molar-refractivity contribution is -0.130. The molecule has 3 aliphatic rings. The molecule has 2 fully saturated rings. The highest BCUT2D eigenvalue weighted by atomic mass is 16.5. The number of allylic oxidation sites excluding steroid dienone is 1. The molecule has 2 heterocycles. The van der Waals surface area contributed by atoms with Gasteiger partial charge >= 0.3 is 0 Å². The molecule has 0 radical (unpaired) electrons. The fraction of sp³-hybridized carbons (Fsp3) is 0.526. The summed E-state index contributed by atoms with van der Waals surface area (Å²) in [7, 11) is 0. The van der Waals surface area contributed by atoms with E-state index in [0.717, 1.165) is 12.8 Å². The lowest BCUT2D eigenvalue weighted by Crippen LogP contribution is -2.56. The van der Waals surface area contributed by atoms with E-state index in [4.69, 9.17) is 4.74 Å². The molecule has 2 aliphatic heterocycles. The first-order valence-electron chi connectivity index (χ1n) is 8.33. The minimum atomic E-state index is -0.0943. The summed E-state index contributed by atoms with van der Waals surface area (Å²) in [5, 5.41) is 0. The Hall–Kier alpha value is -1.61. The molecule has 1 saturated carbocycles. The van der Waals surface area contributed by atoms with Crippen molar-refractivity contribution < 1.29 is 9.53 Å². The van der Waals surface area contributed by atoms with Crippen LogP contribution in [0.1, 0.15) is 38.2 Å². The molecular weight excluding hydrogens is 274 g/mol. The SMILES string of the molecule is C[C@@H]1C[C@H]2C=CN3C(=O)C[C@H](OCc4ccccc4)[C@]3(C1)C2. The van der Waals surface area contributed by atoms with Gasteiger partial charge in [-0.1, -0.05) is 43.3 Å². The van der Waals surface area contributed by atoms with E-state index >= 15 is 0 Å². The van der Waals surface area contributed by atoms with Gasteiger partial charge in [0.25, 0.3) is 0 Å². The van der Waals surface area contributed by atoms with Crippen molar-refractivity contribution in [2.24, 2.45) is 11.8 Å². The van der Waals surface area contributed by atoms with E-state index in [0.29, 0.717) is 24.9 Å². The van der Waals surface area contributed by atoms with E-state index in [9.17, 15) is 4.79 Å². The highest BCUT2D eigenvalue weighted by Crippen LogP contribution is 2.50. The maximum atomic E-state index is 12.4. The summed E-state index contributed by atoms with van der Waals surface area (Å²) in [6.07, 6.45) is 8.19. The fourth-order valence-corrected chi connectivity index (χ4v) is 4.71. The second kappa shape index (κ2) is 5.24. The smallest absolute Gasteiger partial charge is 0.229 e. The van der Waals surface area contributed by atoms with Gasteiger partial charge in [0.15, 0.2) is 0 Å². The van der Waals surface area contributed by atoms with Crippen molar-refractivity contribution >= 4 is 5.91 Å². The molecule has 1 aromatic carbocycles. The third kappa shape index (κ3) is 2.19. The van der Waals surface area contributed by atoms with Crippen molar-refractivity contribution in [3.63, 3.8) is 0 Å². The zero-order valence-electron chi connectivity index (χ0n) is 13.1. The van der Waals surface area contributed by atoms with Gasteiger partial charge in [0, 0.05) is 6.20 Å². The quantitative estimate of drug-likeness (QED) is 0.854. The fourth-order valence-electron chi connectivity index (χ4n) is 4.71. The maximum Gasteiger partial charge on any atom is 0.229 e. The van der Waals surface area contributed by atoms with Crippen LogP contribution in [0, 0.1) is 11.8 Å². The molecule has 0 N–H and O–H groups in total. The highest BCUT2D eigenvalue weighted by Gasteiger charge is 2.57. The third-order valence-corrected chi connectivity index (χ3v) is 5.53. The Morgan fingerprint density at radius 2 is 2.09 bits per heavy atom. The van der Waals surface area contributed by atoms with Gasteiger partial charge in [-0.15, -0.1) is 0 Å².